The fraction of sp³-hybridized carbons (Fsp3) is 0.500. The van der Waals surface area contributed by atoms with Gasteiger partial charge in [0.15, 0.2) is 5.03 Å². The number of nitrogens with zero attached hydrogens (tertiary/aromatic N) is 2. The van der Waals surface area contributed by atoms with E-state index in [-0.39, 0.29) is 17.2 Å². The van der Waals surface area contributed by atoms with Crippen molar-refractivity contribution < 1.29 is 14.6 Å². The van der Waals surface area contributed by atoms with E-state index in [4.69, 9.17) is 16.9 Å². The van der Waals surface area contributed by atoms with E-state index in [1.165, 1.54) is 4.90 Å². The molecule has 1 aliphatic rings. The molecule has 5 nitrogen and oxygen atoms in total. The molecule has 1 N–H and O–H groups in total. The summed E-state index contributed by atoms with van der Waals surface area (Å²) in [7, 11) is 1.63. The van der Waals surface area contributed by atoms with Gasteiger partial charge in [0.2, 0.25) is 6.29 Å². The Morgan fingerprint density at radius 3 is 2.86 bits per heavy atom. The van der Waals surface area contributed by atoms with Gasteiger partial charge in [0.05, 0.1) is 12.5 Å². The molecule has 0 saturated carbocycles. The highest BCUT2D eigenvalue weighted by Crippen LogP contribution is 2.26. The number of hydrogen-bond donors (Lipinski definition) is 1. The number of aliphatic hydroxyl groups is 1. The summed E-state index contributed by atoms with van der Waals surface area (Å²) in [5.74, 6) is -0.738. The van der Waals surface area contributed by atoms with E-state index < -0.39 is 12.3 Å². The second-order valence-corrected chi connectivity index (χ2v) is 3.16. The van der Waals surface area contributed by atoms with Crippen molar-refractivity contribution in [3.05, 3.63) is 10.7 Å². The smallest absolute Gasteiger partial charge is 0.354 e. The molecule has 76 valence electrons. The topological polar surface area (TPSA) is 73.6 Å². The van der Waals surface area contributed by atoms with Crippen LogP contribution in [0.25, 0.3) is 0 Å². The summed E-state index contributed by atoms with van der Waals surface area (Å²) in [4.78, 5) is 12.4. The summed E-state index contributed by atoms with van der Waals surface area (Å²) in [6.07, 6.45) is -1.04. The molecule has 0 radical (unpaired) electrons. The van der Waals surface area contributed by atoms with Gasteiger partial charge in [-0.2, -0.15) is 5.26 Å². The van der Waals surface area contributed by atoms with Gasteiger partial charge in [0.1, 0.15) is 5.70 Å². The number of nitriles is 1. The molecular formula is C8H9ClN2O3. The number of halogens is 1. The Balaban J connectivity index is 2.76. The first-order valence-corrected chi connectivity index (χ1v) is 4.32. The molecular weight excluding hydrogens is 208 g/mol. The van der Waals surface area contributed by atoms with Gasteiger partial charge >= 0.3 is 5.97 Å². The van der Waals surface area contributed by atoms with E-state index in [0.29, 0.717) is 6.54 Å². The lowest BCUT2D eigenvalue weighted by molar-refractivity contribution is -0.152. The van der Waals surface area contributed by atoms with Crippen LogP contribution in [0.5, 0.6) is 0 Å². The number of hydrogen-bond acceptors (Lipinski definition) is 5. The molecule has 1 heterocycles. The summed E-state index contributed by atoms with van der Waals surface area (Å²) in [5, 5.41) is 17.5. The van der Waals surface area contributed by atoms with Crippen LogP contribution in [-0.2, 0) is 9.53 Å². The molecule has 0 aromatic carbocycles. The van der Waals surface area contributed by atoms with Crippen molar-refractivity contribution in [1.29, 1.82) is 5.26 Å². The third-order valence-corrected chi connectivity index (χ3v) is 2.17. The van der Waals surface area contributed by atoms with Crippen molar-refractivity contribution in [1.82, 2.24) is 4.90 Å². The van der Waals surface area contributed by atoms with Crippen LogP contribution in [0, 0.1) is 11.3 Å². The molecule has 1 unspecified atom stereocenters. The maximum atomic E-state index is 10.9. The Kier molecular flexibility index (Phi) is 3.33. The summed E-state index contributed by atoms with van der Waals surface area (Å²) in [5.41, 5.74) is 0.215. The second-order valence-electron chi connectivity index (χ2n) is 2.79. The van der Waals surface area contributed by atoms with Gasteiger partial charge in [0.25, 0.3) is 0 Å². The average molecular weight is 217 g/mol. The highest BCUT2D eigenvalue weighted by Gasteiger charge is 2.33. The molecule has 0 spiro atoms. The Morgan fingerprint density at radius 1 is 1.79 bits per heavy atom. The van der Waals surface area contributed by atoms with Gasteiger partial charge in [0, 0.05) is 13.6 Å². The van der Waals surface area contributed by atoms with Gasteiger partial charge in [-0.15, -0.1) is 0 Å². The predicted molar refractivity (Wildman–Crippen MR) is 47.8 cm³/mol. The third kappa shape index (κ3) is 1.97. The van der Waals surface area contributed by atoms with E-state index in [9.17, 15) is 9.90 Å². The fourth-order valence-corrected chi connectivity index (χ4v) is 1.40. The number of esters is 1. The minimum absolute atomic E-state index is 0.127. The van der Waals surface area contributed by atoms with Crippen LogP contribution < -0.4 is 0 Å². The summed E-state index contributed by atoms with van der Waals surface area (Å²) >= 11 is 5.62. The molecule has 1 rings (SSSR count). The minimum Gasteiger partial charge on any atom is -0.425 e. The molecule has 0 aromatic rings. The number of likely N-dealkylation sites (N-methyl/N-ethyl adjacent to an activating group) is 1. The number of aliphatic hydroxyl groups excluding tert-OH is 1. The molecule has 0 amide bonds. The maximum Gasteiger partial charge on any atom is 0.354 e. The number of cyclic esters (lactones) is 1. The summed E-state index contributed by atoms with van der Waals surface area (Å²) in [6.45, 7) is 0.385. The van der Waals surface area contributed by atoms with Crippen LogP contribution >= 0.6 is 11.6 Å². The lowest BCUT2D eigenvalue weighted by Crippen LogP contribution is -2.26. The van der Waals surface area contributed by atoms with Crippen LogP contribution in [-0.4, -0.2) is 35.9 Å². The first-order valence-electron chi connectivity index (χ1n) is 3.94. The fourth-order valence-electron chi connectivity index (χ4n) is 1.12. The highest BCUT2D eigenvalue weighted by molar-refractivity contribution is 6.42. The van der Waals surface area contributed by atoms with Crippen molar-refractivity contribution in [2.24, 2.45) is 0 Å². The van der Waals surface area contributed by atoms with Gasteiger partial charge in [-0.25, -0.2) is 4.79 Å². The predicted octanol–water partition coefficient (Wildman–Crippen LogP) is 0.157. The number of carbonyl (C=O) groups is 1. The van der Waals surface area contributed by atoms with Gasteiger partial charge < -0.3 is 14.7 Å². The first-order chi connectivity index (χ1) is 6.57. The largest absolute Gasteiger partial charge is 0.425 e. The van der Waals surface area contributed by atoms with Crippen LogP contribution in [0.15, 0.2) is 10.7 Å². The average Bonchev–Trinajstić information content (AvgIpc) is 2.38. The molecule has 0 aromatic heterocycles. The van der Waals surface area contributed by atoms with E-state index in [2.05, 4.69) is 4.74 Å². The van der Waals surface area contributed by atoms with E-state index in [1.807, 2.05) is 6.07 Å². The molecule has 0 saturated heterocycles. The van der Waals surface area contributed by atoms with Crippen molar-refractivity contribution in [3.63, 3.8) is 0 Å². The minimum atomic E-state index is -1.32. The molecule has 6 heteroatoms. The van der Waals surface area contributed by atoms with Crippen LogP contribution in [0.2, 0.25) is 0 Å². The second kappa shape index (κ2) is 4.31. The first kappa shape index (κ1) is 10.8. The molecule has 0 aliphatic carbocycles. The Labute approximate surface area is 86.1 Å². The van der Waals surface area contributed by atoms with Crippen molar-refractivity contribution in [2.75, 3.05) is 13.6 Å². The quantitative estimate of drug-likeness (QED) is 0.681. The summed E-state index contributed by atoms with van der Waals surface area (Å²) < 4.78 is 4.47. The zero-order valence-corrected chi connectivity index (χ0v) is 8.28. The third-order valence-electron chi connectivity index (χ3n) is 1.83. The van der Waals surface area contributed by atoms with Crippen molar-refractivity contribution in [3.8, 4) is 6.07 Å². The van der Waals surface area contributed by atoms with E-state index in [1.54, 1.807) is 7.05 Å². The van der Waals surface area contributed by atoms with E-state index in [0.717, 1.165) is 0 Å². The Bertz CT molecular complexity index is 321. The zero-order chi connectivity index (χ0) is 10.7. The zero-order valence-electron chi connectivity index (χ0n) is 7.53. The SMILES string of the molecule is CN(CCC#N)C1=C(Cl)C(=O)OC1O. The van der Waals surface area contributed by atoms with Crippen LogP contribution in [0.3, 0.4) is 0 Å². The highest BCUT2D eigenvalue weighted by atomic mass is 35.5. The number of ether oxygens (including phenoxy) is 1. The van der Waals surface area contributed by atoms with Crippen molar-refractivity contribution >= 4 is 17.6 Å². The van der Waals surface area contributed by atoms with E-state index >= 15 is 0 Å². The molecule has 14 heavy (non-hydrogen) atoms. The normalized spacial score (nSPS) is 20.7. The van der Waals surface area contributed by atoms with Crippen LogP contribution in [0.4, 0.5) is 0 Å². The standard InChI is InChI=1S/C8H9ClN2O3/c1-11(4-2-3-10)6-5(9)7(12)14-8(6)13/h8,13H,2,4H2,1H3. The van der Waals surface area contributed by atoms with Crippen LogP contribution in [0.1, 0.15) is 6.42 Å². The van der Waals surface area contributed by atoms with Gasteiger partial charge in [-0.1, -0.05) is 11.6 Å². The van der Waals surface area contributed by atoms with Gasteiger partial charge in [-0.05, 0) is 0 Å². The lowest BCUT2D eigenvalue weighted by atomic mass is 10.3. The Morgan fingerprint density at radius 2 is 2.43 bits per heavy atom. The summed E-state index contributed by atoms with van der Waals surface area (Å²) in [6, 6.07) is 1.95. The molecule has 0 fully saturated rings. The van der Waals surface area contributed by atoms with Gasteiger partial charge in [-0.3, -0.25) is 0 Å². The molecule has 1 aliphatic heterocycles. The monoisotopic (exact) mass is 216 g/mol. The lowest BCUT2D eigenvalue weighted by Gasteiger charge is -2.20. The Hall–Kier alpha value is -1.25. The number of carbonyl (C=O) groups excluding carboxylic acids is 1. The molecule has 1 atom stereocenters. The molecule has 0 bridgehead atoms. The maximum absolute atomic E-state index is 10.9. The van der Waals surface area contributed by atoms with Crippen molar-refractivity contribution in [2.45, 2.75) is 12.7 Å². The number of rotatable bonds is 3.